The zero-order valence-electron chi connectivity index (χ0n) is 13.0. The smallest absolute Gasteiger partial charge is 0.324 e. The molecule has 0 radical (unpaired) electrons. The summed E-state index contributed by atoms with van der Waals surface area (Å²) in [5, 5.41) is 2.54. The van der Waals surface area contributed by atoms with Crippen LogP contribution in [0.3, 0.4) is 0 Å². The van der Waals surface area contributed by atoms with Crippen molar-refractivity contribution in [1.82, 2.24) is 10.2 Å². The number of aryl methyl sites for hydroxylation is 2. The number of nitrogens with zero attached hydrogens (tertiary/aromatic N) is 1. The third-order valence-corrected chi connectivity index (χ3v) is 3.70. The summed E-state index contributed by atoms with van der Waals surface area (Å²) in [7, 11) is 0. The molecule has 1 atom stereocenters. The first-order valence-electron chi connectivity index (χ1n) is 7.23. The summed E-state index contributed by atoms with van der Waals surface area (Å²) in [6.07, 6.45) is -0.867. The summed E-state index contributed by atoms with van der Waals surface area (Å²) in [6.45, 7) is 6.18. The molecule has 2 rings (SSSR count). The highest BCUT2D eigenvalue weighted by Crippen LogP contribution is 2.12. The standard InChI is InChI=1S/C16H20N2O4/c1-10-4-5-13(8-11(10)2)9-14(19)22-12(3)15(20)18-7-6-17-16(18)21/h4-5,8,12H,6-7,9H2,1-3H3,(H,17,21)/t12-/m0/s1. The van der Waals surface area contributed by atoms with E-state index >= 15 is 0 Å². The maximum absolute atomic E-state index is 12.0. The van der Waals surface area contributed by atoms with Crippen LogP contribution in [0.4, 0.5) is 4.79 Å². The van der Waals surface area contributed by atoms with E-state index in [9.17, 15) is 14.4 Å². The highest BCUT2D eigenvalue weighted by atomic mass is 16.5. The molecule has 1 saturated heterocycles. The molecule has 6 heteroatoms. The number of nitrogens with one attached hydrogen (secondary N) is 1. The van der Waals surface area contributed by atoms with Gasteiger partial charge in [0.15, 0.2) is 6.10 Å². The molecule has 0 bridgehead atoms. The fraction of sp³-hybridized carbons (Fsp3) is 0.438. The van der Waals surface area contributed by atoms with Crippen molar-refractivity contribution in [3.05, 3.63) is 34.9 Å². The van der Waals surface area contributed by atoms with Crippen LogP contribution in [0.2, 0.25) is 0 Å². The molecule has 1 N–H and O–H groups in total. The Hall–Kier alpha value is -2.37. The van der Waals surface area contributed by atoms with Crippen molar-refractivity contribution in [2.45, 2.75) is 33.3 Å². The van der Waals surface area contributed by atoms with Gasteiger partial charge in [-0.15, -0.1) is 0 Å². The summed E-state index contributed by atoms with van der Waals surface area (Å²) in [5.74, 6) is -0.979. The molecule has 0 spiro atoms. The van der Waals surface area contributed by atoms with E-state index in [-0.39, 0.29) is 6.42 Å². The summed E-state index contributed by atoms with van der Waals surface area (Å²) in [6, 6.07) is 5.30. The molecule has 22 heavy (non-hydrogen) atoms. The van der Waals surface area contributed by atoms with E-state index < -0.39 is 24.0 Å². The first-order valence-corrected chi connectivity index (χ1v) is 7.23. The largest absolute Gasteiger partial charge is 0.452 e. The summed E-state index contributed by atoms with van der Waals surface area (Å²) in [5.41, 5.74) is 3.09. The Labute approximate surface area is 129 Å². The number of ether oxygens (including phenoxy) is 1. The second kappa shape index (κ2) is 6.60. The minimum atomic E-state index is -0.970. The lowest BCUT2D eigenvalue weighted by atomic mass is 10.0. The van der Waals surface area contributed by atoms with E-state index in [1.807, 2.05) is 32.0 Å². The van der Waals surface area contributed by atoms with Gasteiger partial charge < -0.3 is 10.1 Å². The van der Waals surface area contributed by atoms with Gasteiger partial charge in [0, 0.05) is 13.1 Å². The van der Waals surface area contributed by atoms with E-state index in [0.717, 1.165) is 21.6 Å². The molecule has 1 aromatic rings. The van der Waals surface area contributed by atoms with Crippen molar-refractivity contribution in [3.63, 3.8) is 0 Å². The number of urea groups is 1. The topological polar surface area (TPSA) is 75.7 Å². The highest BCUT2D eigenvalue weighted by molar-refractivity contribution is 5.98. The molecule has 0 aliphatic carbocycles. The average molecular weight is 304 g/mol. The van der Waals surface area contributed by atoms with E-state index in [4.69, 9.17) is 4.74 Å². The zero-order valence-corrected chi connectivity index (χ0v) is 13.0. The first-order chi connectivity index (χ1) is 10.4. The van der Waals surface area contributed by atoms with Gasteiger partial charge >= 0.3 is 12.0 Å². The minimum Gasteiger partial charge on any atom is -0.452 e. The Morgan fingerprint density at radius 1 is 1.32 bits per heavy atom. The third-order valence-electron chi connectivity index (χ3n) is 3.70. The Kier molecular flexibility index (Phi) is 4.80. The Balaban J connectivity index is 1.92. The van der Waals surface area contributed by atoms with Crippen LogP contribution in [0.5, 0.6) is 0 Å². The van der Waals surface area contributed by atoms with Crippen LogP contribution in [0.15, 0.2) is 18.2 Å². The summed E-state index contributed by atoms with van der Waals surface area (Å²) >= 11 is 0. The predicted octanol–water partition coefficient (Wildman–Crippen LogP) is 1.33. The monoisotopic (exact) mass is 304 g/mol. The number of rotatable bonds is 4. The maximum atomic E-state index is 12.0. The SMILES string of the molecule is Cc1ccc(CC(=O)O[C@@H](C)C(=O)N2CCNC2=O)cc1C. The van der Waals surface area contributed by atoms with E-state index in [2.05, 4.69) is 5.32 Å². The van der Waals surface area contributed by atoms with Crippen LogP contribution in [0.25, 0.3) is 0 Å². The zero-order chi connectivity index (χ0) is 16.3. The number of imide groups is 1. The van der Waals surface area contributed by atoms with Crippen LogP contribution in [0, 0.1) is 13.8 Å². The van der Waals surface area contributed by atoms with Gasteiger partial charge in [-0.25, -0.2) is 4.79 Å². The molecule has 6 nitrogen and oxygen atoms in total. The van der Waals surface area contributed by atoms with E-state index in [0.29, 0.717) is 13.1 Å². The van der Waals surface area contributed by atoms with Crippen LogP contribution in [0.1, 0.15) is 23.6 Å². The highest BCUT2D eigenvalue weighted by Gasteiger charge is 2.31. The van der Waals surface area contributed by atoms with Gasteiger partial charge in [0.05, 0.1) is 6.42 Å². The molecular formula is C16H20N2O4. The number of amides is 3. The number of benzene rings is 1. The predicted molar refractivity (Wildman–Crippen MR) is 80.3 cm³/mol. The molecule has 3 amide bonds. The molecule has 1 aromatic carbocycles. The quantitative estimate of drug-likeness (QED) is 0.852. The van der Waals surface area contributed by atoms with Gasteiger partial charge in [0.1, 0.15) is 0 Å². The van der Waals surface area contributed by atoms with Gasteiger partial charge in [-0.2, -0.15) is 0 Å². The maximum Gasteiger partial charge on any atom is 0.324 e. The van der Waals surface area contributed by atoms with Gasteiger partial charge in [-0.05, 0) is 37.5 Å². The molecular weight excluding hydrogens is 284 g/mol. The first kappa shape index (κ1) is 16.0. The van der Waals surface area contributed by atoms with E-state index in [1.54, 1.807) is 0 Å². The van der Waals surface area contributed by atoms with Crippen LogP contribution < -0.4 is 5.32 Å². The molecule has 1 heterocycles. The van der Waals surface area contributed by atoms with Gasteiger partial charge in [-0.3, -0.25) is 14.5 Å². The molecule has 0 unspecified atom stereocenters. The molecule has 118 valence electrons. The lowest BCUT2D eigenvalue weighted by Crippen LogP contribution is -2.42. The third kappa shape index (κ3) is 3.63. The van der Waals surface area contributed by atoms with Crippen molar-refractivity contribution in [2.24, 2.45) is 0 Å². The fourth-order valence-corrected chi connectivity index (χ4v) is 2.27. The minimum absolute atomic E-state index is 0.102. The van der Waals surface area contributed by atoms with Crippen LogP contribution in [-0.4, -0.2) is 42.0 Å². The van der Waals surface area contributed by atoms with Crippen LogP contribution in [-0.2, 0) is 20.7 Å². The summed E-state index contributed by atoms with van der Waals surface area (Å²) < 4.78 is 5.14. The number of hydrogen-bond donors (Lipinski definition) is 1. The molecule has 0 aromatic heterocycles. The molecule has 1 fully saturated rings. The fourth-order valence-electron chi connectivity index (χ4n) is 2.27. The van der Waals surface area contributed by atoms with Crippen molar-refractivity contribution < 1.29 is 19.1 Å². The second-order valence-corrected chi connectivity index (χ2v) is 5.45. The lowest BCUT2D eigenvalue weighted by Gasteiger charge is -2.18. The summed E-state index contributed by atoms with van der Waals surface area (Å²) in [4.78, 5) is 36.4. The Morgan fingerprint density at radius 2 is 2.05 bits per heavy atom. The van der Waals surface area contributed by atoms with Gasteiger partial charge in [0.25, 0.3) is 5.91 Å². The molecule has 1 aliphatic rings. The van der Waals surface area contributed by atoms with Crippen molar-refractivity contribution >= 4 is 17.9 Å². The van der Waals surface area contributed by atoms with Crippen molar-refractivity contribution in [3.8, 4) is 0 Å². The normalized spacial score (nSPS) is 15.4. The number of carbonyl (C=O) groups is 3. The van der Waals surface area contributed by atoms with Crippen molar-refractivity contribution in [1.29, 1.82) is 0 Å². The van der Waals surface area contributed by atoms with Gasteiger partial charge in [0.2, 0.25) is 0 Å². The number of hydrogen-bond acceptors (Lipinski definition) is 4. The lowest BCUT2D eigenvalue weighted by molar-refractivity contribution is -0.156. The molecule has 0 saturated carbocycles. The number of carbonyl (C=O) groups excluding carboxylic acids is 3. The van der Waals surface area contributed by atoms with Crippen LogP contribution >= 0.6 is 0 Å². The Bertz CT molecular complexity index is 612. The number of esters is 1. The Morgan fingerprint density at radius 3 is 2.64 bits per heavy atom. The second-order valence-electron chi connectivity index (χ2n) is 5.45. The average Bonchev–Trinajstić information content (AvgIpc) is 2.88. The van der Waals surface area contributed by atoms with Crippen molar-refractivity contribution in [2.75, 3.05) is 13.1 Å². The molecule has 1 aliphatic heterocycles. The van der Waals surface area contributed by atoms with Gasteiger partial charge in [-0.1, -0.05) is 18.2 Å². The van der Waals surface area contributed by atoms with E-state index in [1.165, 1.54) is 6.92 Å².